The molecule has 198 valence electrons. The van der Waals surface area contributed by atoms with Gasteiger partial charge in [0, 0.05) is 36.0 Å². The summed E-state index contributed by atoms with van der Waals surface area (Å²) in [6.07, 6.45) is 2.10. The standard InChI is InChI=1S/C25H29ClF2N6O3/c1-13(16-7-19(28)17(8-18(16)27)15-10-29-33(6)11-15)30-23-31-21(26)9-22(32-23)34-20(12-36-24(34)35)14(2)37-25(3,4)5/h7-11,13-14,20H,12H2,1-6H3,(H,30,31,32)/t13-,14+,20+/m0/s1. The quantitative estimate of drug-likeness (QED) is 0.399. The van der Waals surface area contributed by atoms with Crippen molar-refractivity contribution < 1.29 is 23.0 Å². The number of halogens is 3. The number of cyclic esters (lactones) is 1. The minimum Gasteiger partial charge on any atom is -0.447 e. The fourth-order valence-corrected chi connectivity index (χ4v) is 4.40. The number of aryl methyl sites for hydroxylation is 1. The van der Waals surface area contributed by atoms with Crippen LogP contribution in [-0.4, -0.2) is 50.2 Å². The average molecular weight is 535 g/mol. The zero-order chi connectivity index (χ0) is 27.1. The van der Waals surface area contributed by atoms with Gasteiger partial charge in [0.2, 0.25) is 5.95 Å². The molecule has 0 aliphatic carbocycles. The molecule has 0 saturated carbocycles. The number of rotatable bonds is 7. The molecule has 4 rings (SSSR count). The molecular formula is C25H29ClF2N6O3. The number of hydrogen-bond donors (Lipinski definition) is 1. The Kier molecular flexibility index (Phi) is 7.38. The number of nitrogens with one attached hydrogen (secondary N) is 1. The molecule has 9 nitrogen and oxygen atoms in total. The molecule has 1 aromatic carbocycles. The van der Waals surface area contributed by atoms with Gasteiger partial charge in [0.25, 0.3) is 0 Å². The summed E-state index contributed by atoms with van der Waals surface area (Å²) in [5, 5.41) is 7.01. The van der Waals surface area contributed by atoms with Crippen molar-refractivity contribution in [2.45, 2.75) is 58.4 Å². The lowest BCUT2D eigenvalue weighted by Crippen LogP contribution is -2.45. The number of anilines is 2. The molecule has 0 bridgehead atoms. The first kappa shape index (κ1) is 26.7. The first-order valence-corrected chi connectivity index (χ1v) is 12.1. The maximum Gasteiger partial charge on any atom is 0.416 e. The van der Waals surface area contributed by atoms with Gasteiger partial charge in [-0.2, -0.15) is 10.1 Å². The highest BCUT2D eigenvalue weighted by molar-refractivity contribution is 6.29. The number of ether oxygens (including phenoxy) is 2. The molecule has 0 spiro atoms. The molecule has 3 aromatic rings. The molecule has 12 heteroatoms. The van der Waals surface area contributed by atoms with E-state index in [4.69, 9.17) is 21.1 Å². The molecule has 1 fully saturated rings. The second kappa shape index (κ2) is 10.2. The van der Waals surface area contributed by atoms with Gasteiger partial charge in [-0.05, 0) is 46.8 Å². The van der Waals surface area contributed by atoms with Crippen LogP contribution < -0.4 is 10.2 Å². The highest BCUT2D eigenvalue weighted by atomic mass is 35.5. The van der Waals surface area contributed by atoms with Crippen molar-refractivity contribution in [2.24, 2.45) is 7.05 Å². The van der Waals surface area contributed by atoms with Gasteiger partial charge >= 0.3 is 6.09 Å². The van der Waals surface area contributed by atoms with E-state index in [0.29, 0.717) is 5.56 Å². The lowest BCUT2D eigenvalue weighted by atomic mass is 10.0. The van der Waals surface area contributed by atoms with Crippen molar-refractivity contribution in [1.29, 1.82) is 0 Å². The Labute approximate surface area is 218 Å². The summed E-state index contributed by atoms with van der Waals surface area (Å²) in [4.78, 5) is 22.5. The minimum absolute atomic E-state index is 0.0361. The van der Waals surface area contributed by atoms with Crippen molar-refractivity contribution in [2.75, 3.05) is 16.8 Å². The van der Waals surface area contributed by atoms with Gasteiger partial charge in [0.05, 0.1) is 23.9 Å². The van der Waals surface area contributed by atoms with Crippen molar-refractivity contribution in [3.63, 3.8) is 0 Å². The Morgan fingerprint density at radius 3 is 2.57 bits per heavy atom. The number of aromatic nitrogens is 4. The lowest BCUT2D eigenvalue weighted by molar-refractivity contribution is -0.0618. The second-order valence-electron chi connectivity index (χ2n) is 9.94. The van der Waals surface area contributed by atoms with Crippen LogP contribution >= 0.6 is 11.6 Å². The number of amides is 1. The zero-order valence-corrected chi connectivity index (χ0v) is 22.2. The van der Waals surface area contributed by atoms with E-state index in [9.17, 15) is 9.18 Å². The third-order valence-electron chi connectivity index (χ3n) is 5.83. The molecule has 1 amide bonds. The number of nitrogens with zero attached hydrogens (tertiary/aromatic N) is 5. The molecule has 1 aliphatic rings. The highest BCUT2D eigenvalue weighted by Gasteiger charge is 2.40. The Morgan fingerprint density at radius 2 is 1.92 bits per heavy atom. The first-order valence-electron chi connectivity index (χ1n) is 11.8. The van der Waals surface area contributed by atoms with E-state index in [1.54, 1.807) is 20.2 Å². The molecule has 1 N–H and O–H groups in total. The molecule has 1 aliphatic heterocycles. The molecular weight excluding hydrogens is 506 g/mol. The van der Waals surface area contributed by atoms with Crippen LogP contribution in [0.15, 0.2) is 30.6 Å². The van der Waals surface area contributed by atoms with E-state index in [-0.39, 0.29) is 40.8 Å². The predicted octanol–water partition coefficient (Wildman–Crippen LogP) is 5.51. The number of benzene rings is 1. The van der Waals surface area contributed by atoms with Gasteiger partial charge in [-0.15, -0.1) is 0 Å². The van der Waals surface area contributed by atoms with E-state index < -0.39 is 35.4 Å². The van der Waals surface area contributed by atoms with Crippen molar-refractivity contribution in [1.82, 2.24) is 19.7 Å². The van der Waals surface area contributed by atoms with Crippen LogP contribution in [0.5, 0.6) is 0 Å². The number of carbonyl (C=O) groups is 1. The van der Waals surface area contributed by atoms with Crippen molar-refractivity contribution in [3.05, 3.63) is 52.9 Å². The van der Waals surface area contributed by atoms with Crippen LogP contribution in [0.4, 0.5) is 25.3 Å². The first-order chi connectivity index (χ1) is 17.3. The van der Waals surface area contributed by atoms with Crippen LogP contribution in [0.2, 0.25) is 5.15 Å². The monoisotopic (exact) mass is 534 g/mol. The summed E-state index contributed by atoms with van der Waals surface area (Å²) in [5.74, 6) is -0.973. The van der Waals surface area contributed by atoms with Gasteiger partial charge in [-0.1, -0.05) is 11.6 Å². The molecule has 3 atom stereocenters. The van der Waals surface area contributed by atoms with Gasteiger partial charge in [0.1, 0.15) is 35.3 Å². The van der Waals surface area contributed by atoms with Crippen LogP contribution in [0.3, 0.4) is 0 Å². The molecule has 37 heavy (non-hydrogen) atoms. The topological polar surface area (TPSA) is 94.4 Å². The summed E-state index contributed by atoms with van der Waals surface area (Å²) in [5.41, 5.74) is 0.202. The van der Waals surface area contributed by atoms with E-state index in [2.05, 4.69) is 20.4 Å². The molecule has 0 unspecified atom stereocenters. The molecule has 0 radical (unpaired) electrons. The van der Waals surface area contributed by atoms with Gasteiger partial charge in [-0.25, -0.2) is 18.6 Å². The fraction of sp³-hybridized carbons (Fsp3) is 0.440. The molecule has 3 heterocycles. The van der Waals surface area contributed by atoms with Crippen molar-refractivity contribution >= 4 is 29.5 Å². The van der Waals surface area contributed by atoms with Crippen LogP contribution in [0, 0.1) is 11.6 Å². The molecule has 2 aromatic heterocycles. The van der Waals surface area contributed by atoms with Gasteiger partial charge in [-0.3, -0.25) is 9.58 Å². The highest BCUT2D eigenvalue weighted by Crippen LogP contribution is 2.31. The second-order valence-corrected chi connectivity index (χ2v) is 10.3. The lowest BCUT2D eigenvalue weighted by Gasteiger charge is -2.31. The Hall–Kier alpha value is -3.31. The number of carbonyl (C=O) groups excluding carboxylic acids is 1. The Balaban J connectivity index is 1.58. The van der Waals surface area contributed by atoms with Gasteiger partial charge in [0.15, 0.2) is 0 Å². The summed E-state index contributed by atoms with van der Waals surface area (Å²) in [7, 11) is 1.69. The third-order valence-corrected chi connectivity index (χ3v) is 6.02. The third kappa shape index (κ3) is 5.99. The summed E-state index contributed by atoms with van der Waals surface area (Å²) >= 11 is 6.24. The van der Waals surface area contributed by atoms with Crippen LogP contribution in [-0.2, 0) is 16.5 Å². The van der Waals surface area contributed by atoms with E-state index in [1.165, 1.54) is 21.8 Å². The largest absolute Gasteiger partial charge is 0.447 e. The summed E-state index contributed by atoms with van der Waals surface area (Å²) in [6, 6.07) is 2.51. The minimum atomic E-state index is -0.728. The Morgan fingerprint density at radius 1 is 1.19 bits per heavy atom. The predicted molar refractivity (Wildman–Crippen MR) is 136 cm³/mol. The maximum atomic E-state index is 15.0. The van der Waals surface area contributed by atoms with Gasteiger partial charge < -0.3 is 14.8 Å². The smallest absolute Gasteiger partial charge is 0.416 e. The normalized spacial score (nSPS) is 17.6. The van der Waals surface area contributed by atoms with Crippen LogP contribution in [0.25, 0.3) is 11.1 Å². The number of hydrogen-bond acceptors (Lipinski definition) is 7. The SMILES string of the molecule is C[C@H](Nc1nc(Cl)cc(N2C(=O)OC[C@@H]2[C@@H](C)OC(C)(C)C)n1)c1cc(F)c(-c2cnn(C)c2)cc1F. The average Bonchev–Trinajstić information content (AvgIpc) is 3.39. The zero-order valence-electron chi connectivity index (χ0n) is 21.4. The van der Waals surface area contributed by atoms with E-state index >= 15 is 4.39 Å². The fourth-order valence-electron chi connectivity index (χ4n) is 4.22. The van der Waals surface area contributed by atoms with Crippen molar-refractivity contribution in [3.8, 4) is 11.1 Å². The van der Waals surface area contributed by atoms with Crippen LogP contribution in [0.1, 0.15) is 46.2 Å². The van der Waals surface area contributed by atoms with E-state index in [1.807, 2.05) is 27.7 Å². The summed E-state index contributed by atoms with van der Waals surface area (Å²) < 4.78 is 42.7. The summed E-state index contributed by atoms with van der Waals surface area (Å²) in [6.45, 7) is 9.36. The Bertz CT molecular complexity index is 1310. The van der Waals surface area contributed by atoms with E-state index in [0.717, 1.165) is 12.1 Å². The maximum absolute atomic E-state index is 15.0. The molecule has 1 saturated heterocycles.